The fraction of sp³-hybridized carbons (Fsp3) is 0.720. The molecule has 3 rings (SSSR count). The standard InChI is InChI=1S/C25H38BrN3O5/c1-7-10-15(4)28(12-9-3)24(33)21-25-13-17(26)20(34-25)18(22(31)27(6)11-8-2)19(25)23(32)29(21)16(5)14-30/h8-9,15-21,30H,2-3,7,10-14H2,1,4-6H3/t15?,16-,17?,18-,19+,20-,21?,25?/m1/s1. The molecule has 190 valence electrons. The first-order chi connectivity index (χ1) is 16.1. The monoisotopic (exact) mass is 539 g/mol. The number of likely N-dealkylation sites (N-methyl/N-ethyl adjacent to an activating group) is 1. The molecule has 2 bridgehead atoms. The fourth-order valence-electron chi connectivity index (χ4n) is 6.09. The van der Waals surface area contributed by atoms with Gasteiger partial charge in [-0.25, -0.2) is 0 Å². The number of amides is 3. The van der Waals surface area contributed by atoms with Crippen molar-refractivity contribution in [3.05, 3.63) is 25.3 Å². The Bertz CT molecular complexity index is 837. The Kier molecular flexibility index (Phi) is 8.30. The highest BCUT2D eigenvalue weighted by atomic mass is 79.9. The van der Waals surface area contributed by atoms with Crippen molar-refractivity contribution in [2.24, 2.45) is 11.8 Å². The number of carbonyl (C=O) groups excluding carboxylic acids is 3. The van der Waals surface area contributed by atoms with Crippen LogP contribution in [0.4, 0.5) is 0 Å². The number of alkyl halides is 1. The Labute approximate surface area is 211 Å². The van der Waals surface area contributed by atoms with Crippen LogP contribution < -0.4 is 0 Å². The average molecular weight is 540 g/mol. The Morgan fingerprint density at radius 1 is 1.29 bits per heavy atom. The van der Waals surface area contributed by atoms with E-state index < -0.39 is 35.6 Å². The summed E-state index contributed by atoms with van der Waals surface area (Å²) in [6, 6.07) is -1.56. The van der Waals surface area contributed by atoms with Crippen molar-refractivity contribution in [1.29, 1.82) is 0 Å². The van der Waals surface area contributed by atoms with Gasteiger partial charge in [-0.3, -0.25) is 14.4 Å². The molecule has 1 N–H and O–H groups in total. The molecule has 0 radical (unpaired) electrons. The molecule has 3 aliphatic rings. The van der Waals surface area contributed by atoms with Crippen molar-refractivity contribution in [2.75, 3.05) is 26.7 Å². The van der Waals surface area contributed by atoms with Gasteiger partial charge in [0.05, 0.1) is 30.6 Å². The molecular weight excluding hydrogens is 502 g/mol. The minimum Gasteiger partial charge on any atom is -0.394 e. The number of hydrogen-bond donors (Lipinski definition) is 1. The lowest BCUT2D eigenvalue weighted by molar-refractivity contribution is -0.152. The van der Waals surface area contributed by atoms with Crippen LogP contribution in [0.15, 0.2) is 25.3 Å². The highest BCUT2D eigenvalue weighted by Crippen LogP contribution is 2.60. The number of halogens is 1. The predicted octanol–water partition coefficient (Wildman–Crippen LogP) is 1.96. The van der Waals surface area contributed by atoms with E-state index in [1.807, 2.05) is 6.92 Å². The van der Waals surface area contributed by atoms with Crippen molar-refractivity contribution in [3.8, 4) is 0 Å². The zero-order valence-corrected chi connectivity index (χ0v) is 22.2. The van der Waals surface area contributed by atoms with Gasteiger partial charge in [-0.2, -0.15) is 0 Å². The lowest BCUT2D eigenvalue weighted by atomic mass is 9.70. The molecule has 9 heteroatoms. The maximum atomic E-state index is 14.2. The maximum absolute atomic E-state index is 14.2. The van der Waals surface area contributed by atoms with Crippen LogP contribution in [-0.2, 0) is 19.1 Å². The average Bonchev–Trinajstić information content (AvgIpc) is 3.39. The molecule has 3 aliphatic heterocycles. The van der Waals surface area contributed by atoms with E-state index in [4.69, 9.17) is 4.74 Å². The van der Waals surface area contributed by atoms with Crippen LogP contribution in [0.1, 0.15) is 40.0 Å². The number of hydrogen-bond acceptors (Lipinski definition) is 5. The molecule has 3 saturated heterocycles. The lowest BCUT2D eigenvalue weighted by Gasteiger charge is -2.40. The van der Waals surface area contributed by atoms with Gasteiger partial charge in [0, 0.05) is 31.0 Å². The normalized spacial score (nSPS) is 33.4. The maximum Gasteiger partial charge on any atom is 0.248 e. The molecule has 8 nitrogen and oxygen atoms in total. The molecule has 34 heavy (non-hydrogen) atoms. The summed E-state index contributed by atoms with van der Waals surface area (Å²) in [4.78, 5) is 46.1. The molecule has 0 aromatic carbocycles. The molecule has 3 heterocycles. The van der Waals surface area contributed by atoms with Crippen LogP contribution in [0.5, 0.6) is 0 Å². The predicted molar refractivity (Wildman–Crippen MR) is 133 cm³/mol. The Morgan fingerprint density at radius 3 is 2.50 bits per heavy atom. The largest absolute Gasteiger partial charge is 0.394 e. The molecule has 0 aromatic rings. The molecular formula is C25H38BrN3O5. The van der Waals surface area contributed by atoms with Crippen LogP contribution >= 0.6 is 15.9 Å². The van der Waals surface area contributed by atoms with Gasteiger partial charge in [0.15, 0.2) is 0 Å². The van der Waals surface area contributed by atoms with Crippen LogP contribution in [0.3, 0.4) is 0 Å². The summed E-state index contributed by atoms with van der Waals surface area (Å²) in [6.07, 6.45) is 4.98. The quantitative estimate of drug-likeness (QED) is 0.320. The Morgan fingerprint density at radius 2 is 1.94 bits per heavy atom. The second kappa shape index (κ2) is 10.5. The van der Waals surface area contributed by atoms with Crippen LogP contribution in [0.2, 0.25) is 0 Å². The highest BCUT2D eigenvalue weighted by Gasteiger charge is 2.77. The molecule has 3 fully saturated rings. The number of aliphatic hydroxyl groups is 1. The lowest BCUT2D eigenvalue weighted by Crippen LogP contribution is -2.59. The van der Waals surface area contributed by atoms with Crippen molar-refractivity contribution < 1.29 is 24.2 Å². The molecule has 0 aromatic heterocycles. The second-order valence-electron chi connectivity index (χ2n) is 9.87. The van der Waals surface area contributed by atoms with E-state index in [1.165, 1.54) is 4.90 Å². The summed E-state index contributed by atoms with van der Waals surface area (Å²) in [7, 11) is 1.68. The smallest absolute Gasteiger partial charge is 0.248 e. The van der Waals surface area contributed by atoms with Crippen molar-refractivity contribution in [3.63, 3.8) is 0 Å². The first kappa shape index (κ1) is 26.9. The topological polar surface area (TPSA) is 90.4 Å². The molecule has 1 spiro atoms. The minimum atomic E-state index is -1.13. The van der Waals surface area contributed by atoms with Crippen molar-refractivity contribution >= 4 is 33.7 Å². The number of nitrogens with zero attached hydrogens (tertiary/aromatic N) is 3. The fourth-order valence-corrected chi connectivity index (χ4v) is 7.03. The third-order valence-corrected chi connectivity index (χ3v) is 8.46. The summed E-state index contributed by atoms with van der Waals surface area (Å²) in [6.45, 7) is 13.7. The molecule has 0 saturated carbocycles. The van der Waals surface area contributed by atoms with Crippen LogP contribution in [0, 0.1) is 11.8 Å². The van der Waals surface area contributed by atoms with Gasteiger partial charge < -0.3 is 24.5 Å². The summed E-state index contributed by atoms with van der Waals surface area (Å²) < 4.78 is 6.52. The minimum absolute atomic E-state index is 0.0538. The number of rotatable bonds is 11. The zero-order valence-electron chi connectivity index (χ0n) is 20.7. The molecule has 3 amide bonds. The van der Waals surface area contributed by atoms with E-state index in [2.05, 4.69) is 36.0 Å². The number of aliphatic hydroxyl groups excluding tert-OH is 1. The number of likely N-dealkylation sites (tertiary alicyclic amines) is 1. The van der Waals surface area contributed by atoms with Gasteiger partial charge in [0.2, 0.25) is 17.7 Å². The van der Waals surface area contributed by atoms with Gasteiger partial charge in [-0.05, 0) is 26.7 Å². The van der Waals surface area contributed by atoms with E-state index in [0.29, 0.717) is 19.5 Å². The number of fused-ring (bicyclic) bond motifs is 1. The van der Waals surface area contributed by atoms with Gasteiger partial charge in [0.25, 0.3) is 0 Å². The summed E-state index contributed by atoms with van der Waals surface area (Å²) in [5.41, 5.74) is -1.13. The van der Waals surface area contributed by atoms with E-state index in [1.54, 1.807) is 35.9 Å². The van der Waals surface area contributed by atoms with Crippen LogP contribution in [0.25, 0.3) is 0 Å². The van der Waals surface area contributed by atoms with Gasteiger partial charge in [0.1, 0.15) is 11.6 Å². The summed E-state index contributed by atoms with van der Waals surface area (Å²) >= 11 is 3.68. The molecule has 0 aliphatic carbocycles. The first-order valence-electron chi connectivity index (χ1n) is 12.1. The summed E-state index contributed by atoms with van der Waals surface area (Å²) in [5, 5.41) is 9.99. The van der Waals surface area contributed by atoms with E-state index >= 15 is 0 Å². The zero-order chi connectivity index (χ0) is 25.4. The van der Waals surface area contributed by atoms with Crippen molar-refractivity contribution in [2.45, 2.75) is 74.7 Å². The van der Waals surface area contributed by atoms with Crippen molar-refractivity contribution in [1.82, 2.24) is 14.7 Å². The second-order valence-corrected chi connectivity index (χ2v) is 11.0. The van der Waals surface area contributed by atoms with Gasteiger partial charge >= 0.3 is 0 Å². The third-order valence-electron chi connectivity index (χ3n) is 7.61. The molecule has 4 unspecified atom stereocenters. The van der Waals surface area contributed by atoms with E-state index in [-0.39, 0.29) is 35.2 Å². The van der Waals surface area contributed by atoms with Gasteiger partial charge in [-0.1, -0.05) is 41.4 Å². The van der Waals surface area contributed by atoms with E-state index in [0.717, 1.165) is 12.8 Å². The number of ether oxygens (including phenoxy) is 1. The third kappa shape index (κ3) is 4.13. The first-order valence-corrected chi connectivity index (χ1v) is 13.0. The SMILES string of the molecule is C=CCN(C)C(=O)[C@H]1[C@@H]2OC3(CC2Br)C(C(=O)N(CC=C)C(C)CCC)N([C@H](C)CO)C(=O)[C@H]13. The van der Waals surface area contributed by atoms with Crippen LogP contribution in [-0.4, -0.2) is 98.9 Å². The highest BCUT2D eigenvalue weighted by molar-refractivity contribution is 9.09. The van der Waals surface area contributed by atoms with Gasteiger partial charge in [-0.15, -0.1) is 13.2 Å². The summed E-state index contributed by atoms with van der Waals surface area (Å²) in [5.74, 6) is -2.19. The van der Waals surface area contributed by atoms with E-state index in [9.17, 15) is 19.5 Å². The molecule has 8 atom stereocenters. The Balaban J connectivity index is 2.10. The Hall–Kier alpha value is -1.71. The number of carbonyl (C=O) groups is 3.